The van der Waals surface area contributed by atoms with Crippen LogP contribution in [0.25, 0.3) is 11.0 Å². The van der Waals surface area contributed by atoms with Crippen molar-refractivity contribution in [2.24, 2.45) is 0 Å². The molecule has 3 rings (SSSR count). The average Bonchev–Trinajstić information content (AvgIpc) is 3.37. The molecule has 2 aromatic heterocycles. The molecule has 9 nitrogen and oxygen atoms in total. The van der Waals surface area contributed by atoms with Gasteiger partial charge in [-0.15, -0.1) is 0 Å². The number of aromatic nitrogens is 2. The molecule has 0 fully saturated rings. The number of aliphatic hydroxyl groups is 1. The zero-order valence-corrected chi connectivity index (χ0v) is 23.6. The van der Waals surface area contributed by atoms with Gasteiger partial charge in [-0.2, -0.15) is 12.7 Å². The number of imidazole rings is 1. The Morgan fingerprint density at radius 2 is 1.89 bits per heavy atom. The van der Waals surface area contributed by atoms with E-state index in [-0.39, 0.29) is 23.1 Å². The lowest BCUT2D eigenvalue weighted by molar-refractivity contribution is 0.0492. The molecule has 0 saturated carbocycles. The number of rotatable bonds is 7. The van der Waals surface area contributed by atoms with Gasteiger partial charge in [0.15, 0.2) is 0 Å². The number of aryl methyl sites for hydroxylation is 1. The molecule has 0 aliphatic rings. The molecule has 11 heteroatoms. The van der Waals surface area contributed by atoms with Gasteiger partial charge in [-0.05, 0) is 42.6 Å². The molecule has 0 radical (unpaired) electrons. The topological polar surface area (TPSA) is 115 Å². The molecule has 3 aromatic rings. The fourth-order valence-electron chi connectivity index (χ4n) is 3.62. The molecule has 192 valence electrons. The van der Waals surface area contributed by atoms with Crippen molar-refractivity contribution in [1.29, 1.82) is 0 Å². The first-order valence-corrected chi connectivity index (χ1v) is 15.8. The highest BCUT2D eigenvalue weighted by molar-refractivity contribution is 7.87. The lowest BCUT2D eigenvalue weighted by Gasteiger charge is -2.36. The fraction of sp³-hybridized carbons (Fsp3) is 0.500. The Morgan fingerprint density at radius 3 is 2.43 bits per heavy atom. The molecule has 0 amide bonds. The average molecular weight is 522 g/mol. The van der Waals surface area contributed by atoms with E-state index in [1.165, 1.54) is 24.3 Å². The van der Waals surface area contributed by atoms with Crippen molar-refractivity contribution in [2.45, 2.75) is 58.9 Å². The summed E-state index contributed by atoms with van der Waals surface area (Å²) >= 11 is 0. The number of carbonyl (C=O) groups excluding carboxylic acids is 1. The summed E-state index contributed by atoms with van der Waals surface area (Å²) in [5, 5.41) is 11.9. The van der Waals surface area contributed by atoms with Crippen LogP contribution < -0.4 is 5.45 Å². The van der Waals surface area contributed by atoms with Crippen molar-refractivity contribution in [3.8, 4) is 0 Å². The maximum Gasteiger partial charge on any atom is 0.374 e. The highest BCUT2D eigenvalue weighted by Gasteiger charge is 2.43. The summed E-state index contributed by atoms with van der Waals surface area (Å²) in [5.74, 6) is -0.563. The van der Waals surface area contributed by atoms with Crippen LogP contribution in [0.5, 0.6) is 0 Å². The van der Waals surface area contributed by atoms with Crippen molar-refractivity contribution in [3.05, 3.63) is 47.0 Å². The zero-order valence-electron chi connectivity index (χ0n) is 21.8. The standard InChI is InChI=1S/C24H35N3O6SSi/c1-10-32-22(29)19-13-16-11-15(2)12-17(21(16)33-19)20(28)18-14-27(34(30,31)26(6)7)23(25-18)35(8,9)24(3,4)5/h11-14,20,28H,10H2,1-9H3. The molecule has 1 unspecified atom stereocenters. The van der Waals surface area contributed by atoms with Crippen molar-refractivity contribution in [2.75, 3.05) is 20.7 Å². The van der Waals surface area contributed by atoms with Crippen LogP contribution in [0.4, 0.5) is 0 Å². The summed E-state index contributed by atoms with van der Waals surface area (Å²) < 4.78 is 39.6. The SMILES string of the molecule is CCOC(=O)c1cc2cc(C)cc(C(O)c3cn(S(=O)(=O)N(C)C)c([Si](C)(C)C(C)(C)C)n3)c2o1. The number of nitrogens with zero attached hydrogens (tertiary/aromatic N) is 3. The van der Waals surface area contributed by atoms with Gasteiger partial charge in [-0.3, -0.25) is 0 Å². The van der Waals surface area contributed by atoms with Crippen molar-refractivity contribution in [3.63, 3.8) is 0 Å². The van der Waals surface area contributed by atoms with E-state index in [4.69, 9.17) is 14.1 Å². The van der Waals surface area contributed by atoms with Crippen molar-refractivity contribution in [1.82, 2.24) is 13.3 Å². The summed E-state index contributed by atoms with van der Waals surface area (Å²) in [4.78, 5) is 16.9. The predicted octanol–water partition coefficient (Wildman–Crippen LogP) is 3.57. The Bertz CT molecular complexity index is 1370. The Labute approximate surface area is 207 Å². The van der Waals surface area contributed by atoms with Gasteiger partial charge in [0, 0.05) is 31.2 Å². The van der Waals surface area contributed by atoms with Gasteiger partial charge in [0.1, 0.15) is 25.2 Å². The highest BCUT2D eigenvalue weighted by atomic mass is 32.2. The Balaban J connectivity index is 2.24. The molecular formula is C24H35N3O6SSi. The zero-order chi connectivity index (χ0) is 26.5. The lowest BCUT2D eigenvalue weighted by atomic mass is 10.0. The third-order valence-corrected chi connectivity index (χ3v) is 13.8. The number of aliphatic hydroxyl groups excluding tert-OH is 1. The summed E-state index contributed by atoms with van der Waals surface area (Å²) in [6.07, 6.45) is 0.111. The predicted molar refractivity (Wildman–Crippen MR) is 138 cm³/mol. The number of benzene rings is 1. The maximum atomic E-state index is 13.2. The number of hydrogen-bond donors (Lipinski definition) is 1. The van der Waals surface area contributed by atoms with Crippen molar-refractivity contribution < 1.29 is 27.5 Å². The molecule has 35 heavy (non-hydrogen) atoms. The summed E-state index contributed by atoms with van der Waals surface area (Å²) in [6, 6.07) is 5.16. The number of esters is 1. The van der Waals surface area contributed by atoms with Gasteiger partial charge in [0.2, 0.25) is 5.76 Å². The Morgan fingerprint density at radius 1 is 1.26 bits per heavy atom. The van der Waals surface area contributed by atoms with Crippen LogP contribution in [0.1, 0.15) is 61.2 Å². The van der Waals surface area contributed by atoms with E-state index < -0.39 is 30.4 Å². The molecule has 0 aliphatic heterocycles. The van der Waals surface area contributed by atoms with Crippen LogP contribution in [0.15, 0.2) is 28.8 Å². The summed E-state index contributed by atoms with van der Waals surface area (Å²) in [6.45, 7) is 14.1. The molecule has 0 aliphatic carbocycles. The normalized spacial score (nSPS) is 14.0. The van der Waals surface area contributed by atoms with E-state index in [0.29, 0.717) is 22.0 Å². The van der Waals surface area contributed by atoms with Crippen LogP contribution in [-0.4, -0.2) is 61.5 Å². The molecule has 1 N–H and O–H groups in total. The van der Waals surface area contributed by atoms with Gasteiger partial charge in [-0.1, -0.05) is 33.9 Å². The quantitative estimate of drug-likeness (QED) is 0.373. The van der Waals surface area contributed by atoms with E-state index in [0.717, 1.165) is 9.87 Å². The van der Waals surface area contributed by atoms with Crippen LogP contribution in [0, 0.1) is 6.92 Å². The number of ether oxygens (including phenoxy) is 1. The second-order valence-electron chi connectivity index (χ2n) is 10.5. The lowest BCUT2D eigenvalue weighted by Crippen LogP contribution is -2.56. The second kappa shape index (κ2) is 9.19. The smallest absolute Gasteiger partial charge is 0.374 e. The number of furan rings is 1. The molecule has 1 atom stereocenters. The van der Waals surface area contributed by atoms with Crippen LogP contribution >= 0.6 is 0 Å². The molecule has 0 bridgehead atoms. The number of carbonyl (C=O) groups is 1. The number of fused-ring (bicyclic) bond motifs is 1. The first kappa shape index (κ1) is 27.1. The summed E-state index contributed by atoms with van der Waals surface area (Å²) in [5.41, 5.74) is 2.20. The monoisotopic (exact) mass is 521 g/mol. The minimum atomic E-state index is -3.88. The molecular weight excluding hydrogens is 486 g/mol. The fourth-order valence-corrected chi connectivity index (χ4v) is 7.19. The Hall–Kier alpha value is -2.47. The Kier molecular flexibility index (Phi) is 7.12. The van der Waals surface area contributed by atoms with E-state index in [1.807, 2.05) is 13.0 Å². The molecule has 0 spiro atoms. The van der Waals surface area contributed by atoms with Crippen LogP contribution in [-0.2, 0) is 14.9 Å². The molecule has 0 saturated heterocycles. The molecule has 1 aromatic carbocycles. The first-order valence-electron chi connectivity index (χ1n) is 11.4. The van der Waals surface area contributed by atoms with Crippen molar-refractivity contribution >= 4 is 40.7 Å². The minimum Gasteiger partial charge on any atom is -0.460 e. The van der Waals surface area contributed by atoms with E-state index in [9.17, 15) is 18.3 Å². The second-order valence-corrected chi connectivity index (χ2v) is 17.7. The molecule has 2 heterocycles. The van der Waals surface area contributed by atoms with Gasteiger partial charge >= 0.3 is 16.2 Å². The van der Waals surface area contributed by atoms with Crippen LogP contribution in [0.2, 0.25) is 18.1 Å². The van der Waals surface area contributed by atoms with E-state index in [1.54, 1.807) is 19.1 Å². The summed E-state index contributed by atoms with van der Waals surface area (Å²) in [7, 11) is -3.40. The first-order chi connectivity index (χ1) is 16.0. The largest absolute Gasteiger partial charge is 0.460 e. The van der Waals surface area contributed by atoms with Gasteiger partial charge in [-0.25, -0.2) is 13.8 Å². The minimum absolute atomic E-state index is 0.0311. The highest BCUT2D eigenvalue weighted by Crippen LogP contribution is 2.37. The third kappa shape index (κ3) is 4.82. The van der Waals surface area contributed by atoms with E-state index in [2.05, 4.69) is 33.9 Å². The third-order valence-electron chi connectivity index (χ3n) is 6.68. The van der Waals surface area contributed by atoms with E-state index >= 15 is 0 Å². The van der Waals surface area contributed by atoms with Crippen LogP contribution in [0.3, 0.4) is 0 Å². The van der Waals surface area contributed by atoms with Gasteiger partial charge < -0.3 is 14.3 Å². The number of hydrogen-bond acceptors (Lipinski definition) is 7. The van der Waals surface area contributed by atoms with Gasteiger partial charge in [0.25, 0.3) is 0 Å². The van der Waals surface area contributed by atoms with Gasteiger partial charge in [0.05, 0.1) is 12.3 Å². The maximum absolute atomic E-state index is 13.2.